The van der Waals surface area contributed by atoms with Crippen molar-refractivity contribution >= 4 is 22.7 Å². The van der Waals surface area contributed by atoms with Gasteiger partial charge in [-0.3, -0.25) is 0 Å². The molecule has 1 aromatic carbocycles. The molecule has 2 nitrogen and oxygen atoms in total. The molecule has 0 unspecified atom stereocenters. The van der Waals surface area contributed by atoms with Crippen molar-refractivity contribution in [2.75, 3.05) is 0 Å². The Morgan fingerprint density at radius 3 is 2.90 bits per heavy atom. The molecule has 3 aromatic rings. The van der Waals surface area contributed by atoms with Gasteiger partial charge >= 0.3 is 0 Å². The Labute approximate surface area is 124 Å². The highest BCUT2D eigenvalue weighted by molar-refractivity contribution is 7.13. The fraction of sp³-hybridized carbons (Fsp3) is 0.133. The summed E-state index contributed by atoms with van der Waals surface area (Å²) in [4.78, 5) is 5.18. The van der Waals surface area contributed by atoms with Crippen LogP contribution in [0.3, 0.4) is 0 Å². The van der Waals surface area contributed by atoms with Crippen LogP contribution < -0.4 is 5.32 Å². The van der Waals surface area contributed by atoms with E-state index in [4.69, 9.17) is 0 Å². The third-order valence-corrected chi connectivity index (χ3v) is 4.47. The summed E-state index contributed by atoms with van der Waals surface area (Å²) in [5, 5.41) is 7.30. The lowest BCUT2D eigenvalue weighted by molar-refractivity contribution is 0.628. The van der Waals surface area contributed by atoms with Crippen molar-refractivity contribution < 1.29 is 4.39 Å². The van der Waals surface area contributed by atoms with Gasteiger partial charge in [0.1, 0.15) is 5.82 Å². The van der Waals surface area contributed by atoms with E-state index in [1.54, 1.807) is 22.7 Å². The Bertz CT molecular complexity index is 663. The van der Waals surface area contributed by atoms with Crippen molar-refractivity contribution in [1.82, 2.24) is 10.3 Å². The highest BCUT2D eigenvalue weighted by Crippen LogP contribution is 2.28. The van der Waals surface area contributed by atoms with Crippen LogP contribution >= 0.6 is 22.7 Å². The van der Waals surface area contributed by atoms with E-state index in [-0.39, 0.29) is 5.82 Å². The van der Waals surface area contributed by atoms with Crippen LogP contribution in [-0.4, -0.2) is 4.98 Å². The first-order valence-corrected chi connectivity index (χ1v) is 8.05. The van der Waals surface area contributed by atoms with Gasteiger partial charge in [-0.1, -0.05) is 12.1 Å². The molecule has 20 heavy (non-hydrogen) atoms. The lowest BCUT2D eigenvalue weighted by atomic mass is 10.1. The third-order valence-electron chi connectivity index (χ3n) is 2.94. The first kappa shape index (κ1) is 13.4. The molecular weight excluding hydrogens is 291 g/mol. The van der Waals surface area contributed by atoms with Gasteiger partial charge in [0.2, 0.25) is 0 Å². The number of thiophene rings is 1. The molecule has 0 aliphatic heterocycles. The van der Waals surface area contributed by atoms with Crippen molar-refractivity contribution in [1.29, 1.82) is 0 Å². The fourth-order valence-corrected chi connectivity index (χ4v) is 3.27. The van der Waals surface area contributed by atoms with Gasteiger partial charge in [0.15, 0.2) is 0 Å². The smallest absolute Gasteiger partial charge is 0.131 e. The van der Waals surface area contributed by atoms with Crippen LogP contribution in [0.15, 0.2) is 46.6 Å². The Kier molecular flexibility index (Phi) is 4.20. The Morgan fingerprint density at radius 2 is 2.15 bits per heavy atom. The van der Waals surface area contributed by atoms with E-state index in [0.29, 0.717) is 12.1 Å². The van der Waals surface area contributed by atoms with Crippen LogP contribution in [0.5, 0.6) is 0 Å². The predicted molar refractivity (Wildman–Crippen MR) is 82.4 cm³/mol. The minimum absolute atomic E-state index is 0.171. The van der Waals surface area contributed by atoms with Crippen LogP contribution in [-0.2, 0) is 13.1 Å². The van der Waals surface area contributed by atoms with Gasteiger partial charge in [0.25, 0.3) is 0 Å². The molecule has 0 saturated carbocycles. The second-order valence-electron chi connectivity index (χ2n) is 4.37. The van der Waals surface area contributed by atoms with Gasteiger partial charge in [-0.15, -0.1) is 22.7 Å². The molecule has 0 spiro atoms. The van der Waals surface area contributed by atoms with Crippen molar-refractivity contribution in [3.63, 3.8) is 0 Å². The third kappa shape index (κ3) is 3.12. The molecule has 5 heteroatoms. The first-order valence-electron chi connectivity index (χ1n) is 6.23. The maximum atomic E-state index is 13.9. The SMILES string of the molecule is Fc1ccc(CNCc2cscn2)cc1-c1cccs1. The summed E-state index contributed by atoms with van der Waals surface area (Å²) in [5.74, 6) is -0.171. The largest absolute Gasteiger partial charge is 0.307 e. The van der Waals surface area contributed by atoms with E-state index >= 15 is 0 Å². The molecule has 2 heterocycles. The molecule has 0 radical (unpaired) electrons. The molecule has 1 N–H and O–H groups in total. The molecule has 0 atom stereocenters. The van der Waals surface area contributed by atoms with E-state index in [0.717, 1.165) is 22.7 Å². The zero-order valence-electron chi connectivity index (χ0n) is 10.7. The van der Waals surface area contributed by atoms with E-state index in [2.05, 4.69) is 10.3 Å². The van der Waals surface area contributed by atoms with Crippen molar-refractivity contribution in [2.45, 2.75) is 13.1 Å². The molecule has 0 fully saturated rings. The normalized spacial score (nSPS) is 10.8. The molecular formula is C15H13FN2S2. The lowest BCUT2D eigenvalue weighted by Crippen LogP contribution is -2.12. The lowest BCUT2D eigenvalue weighted by Gasteiger charge is -2.06. The summed E-state index contributed by atoms with van der Waals surface area (Å²) < 4.78 is 13.9. The minimum atomic E-state index is -0.171. The summed E-state index contributed by atoms with van der Waals surface area (Å²) in [7, 11) is 0. The van der Waals surface area contributed by atoms with Crippen molar-refractivity contribution in [3.05, 3.63) is 63.7 Å². The molecule has 0 bridgehead atoms. The number of halogens is 1. The Morgan fingerprint density at radius 1 is 1.20 bits per heavy atom. The summed E-state index contributed by atoms with van der Waals surface area (Å²) in [6.45, 7) is 1.44. The maximum absolute atomic E-state index is 13.9. The second kappa shape index (κ2) is 6.26. The summed E-state index contributed by atoms with van der Waals surface area (Å²) in [6, 6.07) is 9.15. The average Bonchev–Trinajstić information content (AvgIpc) is 3.13. The molecule has 102 valence electrons. The predicted octanol–water partition coefficient (Wildman–Crippen LogP) is 4.30. The van der Waals surface area contributed by atoms with Crippen LogP contribution in [0.25, 0.3) is 10.4 Å². The van der Waals surface area contributed by atoms with Crippen LogP contribution in [0.2, 0.25) is 0 Å². The van der Waals surface area contributed by atoms with Crippen LogP contribution in [0.1, 0.15) is 11.3 Å². The van der Waals surface area contributed by atoms with E-state index < -0.39 is 0 Å². The zero-order chi connectivity index (χ0) is 13.8. The average molecular weight is 304 g/mol. The van der Waals surface area contributed by atoms with Gasteiger partial charge in [-0.25, -0.2) is 9.37 Å². The fourth-order valence-electron chi connectivity index (χ4n) is 1.96. The molecule has 0 saturated heterocycles. The number of rotatable bonds is 5. The van der Waals surface area contributed by atoms with E-state index in [1.807, 2.05) is 40.5 Å². The van der Waals surface area contributed by atoms with Crippen molar-refractivity contribution in [3.8, 4) is 10.4 Å². The van der Waals surface area contributed by atoms with Gasteiger partial charge in [0, 0.05) is 28.9 Å². The van der Waals surface area contributed by atoms with E-state index in [1.165, 1.54) is 6.07 Å². The summed E-state index contributed by atoms with van der Waals surface area (Å²) in [6.07, 6.45) is 0. The molecule has 3 rings (SSSR count). The second-order valence-corrected chi connectivity index (χ2v) is 6.04. The number of thiazole rings is 1. The number of hydrogen-bond acceptors (Lipinski definition) is 4. The Hall–Kier alpha value is -1.56. The van der Waals surface area contributed by atoms with Crippen molar-refractivity contribution in [2.24, 2.45) is 0 Å². The number of hydrogen-bond donors (Lipinski definition) is 1. The number of nitrogens with zero attached hydrogens (tertiary/aromatic N) is 1. The van der Waals surface area contributed by atoms with Gasteiger partial charge < -0.3 is 5.32 Å². The Balaban J connectivity index is 1.69. The van der Waals surface area contributed by atoms with Gasteiger partial charge in [-0.2, -0.15) is 0 Å². The zero-order valence-corrected chi connectivity index (χ0v) is 12.3. The van der Waals surface area contributed by atoms with Crippen LogP contribution in [0.4, 0.5) is 4.39 Å². The maximum Gasteiger partial charge on any atom is 0.131 e. The molecule has 2 aromatic heterocycles. The summed E-state index contributed by atoms with van der Waals surface area (Å²) in [5.41, 5.74) is 4.61. The summed E-state index contributed by atoms with van der Waals surface area (Å²) >= 11 is 3.14. The van der Waals surface area contributed by atoms with Crippen LogP contribution in [0, 0.1) is 5.82 Å². The standard InChI is InChI=1S/C15H13FN2S2/c16-14-4-3-11(6-13(14)15-2-1-5-20-15)7-17-8-12-9-19-10-18-12/h1-6,9-10,17H,7-8H2. The monoisotopic (exact) mass is 304 g/mol. The number of benzene rings is 1. The number of aromatic nitrogens is 1. The topological polar surface area (TPSA) is 24.9 Å². The minimum Gasteiger partial charge on any atom is -0.307 e. The molecule has 0 amide bonds. The quantitative estimate of drug-likeness (QED) is 0.760. The first-order chi connectivity index (χ1) is 9.83. The molecule has 0 aliphatic rings. The van der Waals surface area contributed by atoms with Gasteiger partial charge in [0.05, 0.1) is 11.2 Å². The highest BCUT2D eigenvalue weighted by atomic mass is 32.1. The van der Waals surface area contributed by atoms with E-state index in [9.17, 15) is 4.39 Å². The molecule has 0 aliphatic carbocycles. The number of nitrogens with one attached hydrogen (secondary N) is 1. The highest BCUT2D eigenvalue weighted by Gasteiger charge is 2.07. The van der Waals surface area contributed by atoms with Gasteiger partial charge in [-0.05, 0) is 29.1 Å².